The molecule has 0 aromatic heterocycles. The van der Waals surface area contributed by atoms with E-state index in [9.17, 15) is 4.39 Å². The zero-order chi connectivity index (χ0) is 15.2. The average molecular weight is 303 g/mol. The summed E-state index contributed by atoms with van der Waals surface area (Å²) in [4.78, 5) is 0. The number of hydrogen-bond donors (Lipinski definition) is 0. The largest absolute Gasteiger partial charge is 0.207 e. The fourth-order valence-electron chi connectivity index (χ4n) is 3.60. The monoisotopic (exact) mass is 302 g/mol. The minimum atomic E-state index is -0.178. The van der Waals surface area contributed by atoms with E-state index in [1.54, 1.807) is 6.07 Å². The smallest absolute Gasteiger partial charge is 0.127 e. The maximum Gasteiger partial charge on any atom is 0.127 e. The number of benzene rings is 2. The SMILES string of the molecule is Cc1ccccc1C1CC(C)(C)c2cc(F)c(CCl)cc21. The molecule has 0 saturated heterocycles. The molecule has 21 heavy (non-hydrogen) atoms. The molecule has 1 aliphatic carbocycles. The van der Waals surface area contributed by atoms with Crippen LogP contribution in [0.2, 0.25) is 0 Å². The molecule has 0 bridgehead atoms. The summed E-state index contributed by atoms with van der Waals surface area (Å²) in [7, 11) is 0. The molecule has 110 valence electrons. The molecule has 0 spiro atoms. The van der Waals surface area contributed by atoms with Crippen molar-refractivity contribution >= 4 is 11.6 Å². The van der Waals surface area contributed by atoms with Crippen LogP contribution in [0.4, 0.5) is 4.39 Å². The molecule has 2 aromatic carbocycles. The van der Waals surface area contributed by atoms with Gasteiger partial charge in [-0.25, -0.2) is 4.39 Å². The summed E-state index contributed by atoms with van der Waals surface area (Å²) in [5.74, 6) is 0.376. The molecule has 1 aliphatic rings. The van der Waals surface area contributed by atoms with E-state index in [2.05, 4.69) is 45.0 Å². The standard InChI is InChI=1S/C19H20ClF/c1-12-6-4-5-7-14(12)16-10-19(2,3)17-9-18(21)13(11-20)8-15(16)17/h4-9,16H,10-11H2,1-3H3. The Bertz CT molecular complexity index is 688. The molecule has 0 fully saturated rings. The van der Waals surface area contributed by atoms with Crippen molar-refractivity contribution in [1.82, 2.24) is 0 Å². The molecule has 1 unspecified atom stereocenters. The highest BCUT2D eigenvalue weighted by atomic mass is 35.5. The molecule has 0 amide bonds. The number of hydrogen-bond acceptors (Lipinski definition) is 0. The predicted octanol–water partition coefficient (Wildman–Crippen LogP) is 5.69. The van der Waals surface area contributed by atoms with Crippen LogP contribution in [0.5, 0.6) is 0 Å². The lowest BCUT2D eigenvalue weighted by molar-refractivity contribution is 0.496. The summed E-state index contributed by atoms with van der Waals surface area (Å²) in [5.41, 5.74) is 5.60. The molecule has 2 aromatic rings. The summed E-state index contributed by atoms with van der Waals surface area (Å²) in [6.07, 6.45) is 1.01. The van der Waals surface area contributed by atoms with Gasteiger partial charge in [-0.1, -0.05) is 44.2 Å². The summed E-state index contributed by atoms with van der Waals surface area (Å²) in [5, 5.41) is 0. The highest BCUT2D eigenvalue weighted by Gasteiger charge is 2.38. The second-order valence-corrected chi connectivity index (χ2v) is 6.93. The van der Waals surface area contributed by atoms with Crippen LogP contribution in [0, 0.1) is 12.7 Å². The Morgan fingerprint density at radius 2 is 1.90 bits per heavy atom. The predicted molar refractivity (Wildman–Crippen MR) is 86.6 cm³/mol. The molecule has 0 nitrogen and oxygen atoms in total. The minimum Gasteiger partial charge on any atom is -0.207 e. The van der Waals surface area contributed by atoms with Gasteiger partial charge >= 0.3 is 0 Å². The Labute approximate surface area is 131 Å². The van der Waals surface area contributed by atoms with Gasteiger partial charge in [-0.05, 0) is 47.1 Å². The van der Waals surface area contributed by atoms with Crippen molar-refractivity contribution < 1.29 is 4.39 Å². The molecule has 0 N–H and O–H groups in total. The van der Waals surface area contributed by atoms with Crippen LogP contribution >= 0.6 is 11.6 Å². The van der Waals surface area contributed by atoms with Crippen molar-refractivity contribution in [3.05, 3.63) is 70.0 Å². The first-order valence-corrected chi connectivity index (χ1v) is 7.92. The third kappa shape index (κ3) is 2.38. The maximum atomic E-state index is 14.1. The van der Waals surface area contributed by atoms with E-state index in [0.29, 0.717) is 11.5 Å². The van der Waals surface area contributed by atoms with Crippen LogP contribution in [0.3, 0.4) is 0 Å². The van der Waals surface area contributed by atoms with E-state index >= 15 is 0 Å². The van der Waals surface area contributed by atoms with Gasteiger partial charge in [-0.15, -0.1) is 11.6 Å². The summed E-state index contributed by atoms with van der Waals surface area (Å²) >= 11 is 5.89. The van der Waals surface area contributed by atoms with Crippen LogP contribution in [0.25, 0.3) is 0 Å². The number of halogens is 2. The van der Waals surface area contributed by atoms with E-state index < -0.39 is 0 Å². The number of fused-ring (bicyclic) bond motifs is 1. The van der Waals surface area contributed by atoms with Gasteiger partial charge < -0.3 is 0 Å². The van der Waals surface area contributed by atoms with Crippen molar-refractivity contribution in [3.63, 3.8) is 0 Å². The van der Waals surface area contributed by atoms with Crippen LogP contribution in [-0.2, 0) is 11.3 Å². The molecule has 0 heterocycles. The molecule has 1 atom stereocenters. The first kappa shape index (κ1) is 14.6. The highest BCUT2D eigenvalue weighted by molar-refractivity contribution is 6.17. The van der Waals surface area contributed by atoms with E-state index in [4.69, 9.17) is 11.6 Å². The molecule has 3 rings (SSSR count). The van der Waals surface area contributed by atoms with E-state index in [0.717, 1.165) is 12.0 Å². The molecule has 2 heteroatoms. The molecular formula is C19H20ClF. The Kier molecular flexibility index (Phi) is 3.57. The third-order valence-corrected chi connectivity index (χ3v) is 5.03. The second-order valence-electron chi connectivity index (χ2n) is 6.66. The third-order valence-electron chi connectivity index (χ3n) is 4.75. The van der Waals surface area contributed by atoms with E-state index in [1.165, 1.54) is 16.7 Å². The van der Waals surface area contributed by atoms with Gasteiger partial charge in [0.1, 0.15) is 5.82 Å². The Hall–Kier alpha value is -1.34. The van der Waals surface area contributed by atoms with Crippen molar-refractivity contribution in [2.45, 2.75) is 44.4 Å². The van der Waals surface area contributed by atoms with Gasteiger partial charge in [-0.2, -0.15) is 0 Å². The fourth-order valence-corrected chi connectivity index (χ4v) is 3.80. The Morgan fingerprint density at radius 1 is 1.19 bits per heavy atom. The van der Waals surface area contributed by atoms with Crippen molar-refractivity contribution in [2.24, 2.45) is 0 Å². The van der Waals surface area contributed by atoms with Crippen molar-refractivity contribution in [3.8, 4) is 0 Å². The Morgan fingerprint density at radius 3 is 2.57 bits per heavy atom. The number of rotatable bonds is 2. The van der Waals surface area contributed by atoms with Crippen LogP contribution in [0.1, 0.15) is 54.0 Å². The second kappa shape index (κ2) is 5.14. The van der Waals surface area contributed by atoms with Gasteiger partial charge in [-0.3, -0.25) is 0 Å². The highest BCUT2D eigenvalue weighted by Crippen LogP contribution is 2.49. The summed E-state index contributed by atoms with van der Waals surface area (Å²) in [6, 6.07) is 12.2. The van der Waals surface area contributed by atoms with Gasteiger partial charge in [0.15, 0.2) is 0 Å². The lowest BCUT2D eigenvalue weighted by atomic mass is 9.84. The summed E-state index contributed by atoms with van der Waals surface area (Å²) < 4.78 is 14.1. The van der Waals surface area contributed by atoms with Crippen molar-refractivity contribution in [1.29, 1.82) is 0 Å². The fraction of sp³-hybridized carbons (Fsp3) is 0.368. The summed E-state index contributed by atoms with van der Waals surface area (Å²) in [6.45, 7) is 6.54. The quantitative estimate of drug-likeness (QED) is 0.625. The maximum absolute atomic E-state index is 14.1. The zero-order valence-electron chi connectivity index (χ0n) is 12.7. The molecular weight excluding hydrogens is 283 g/mol. The lowest BCUT2D eigenvalue weighted by Crippen LogP contribution is -2.13. The number of aryl methyl sites for hydroxylation is 1. The van der Waals surface area contributed by atoms with Gasteiger partial charge in [0.05, 0.1) is 5.88 Å². The van der Waals surface area contributed by atoms with Crippen LogP contribution in [-0.4, -0.2) is 0 Å². The molecule has 0 aliphatic heterocycles. The van der Waals surface area contributed by atoms with E-state index in [1.807, 2.05) is 6.07 Å². The van der Waals surface area contributed by atoms with Crippen LogP contribution < -0.4 is 0 Å². The first-order valence-electron chi connectivity index (χ1n) is 7.38. The minimum absolute atomic E-state index is 0.00599. The first-order chi connectivity index (χ1) is 9.94. The Balaban J connectivity index is 2.19. The normalized spacial score (nSPS) is 19.6. The van der Waals surface area contributed by atoms with E-state index in [-0.39, 0.29) is 17.1 Å². The number of alkyl halides is 1. The van der Waals surface area contributed by atoms with Gasteiger partial charge in [0, 0.05) is 11.5 Å². The van der Waals surface area contributed by atoms with Gasteiger partial charge in [0.2, 0.25) is 0 Å². The van der Waals surface area contributed by atoms with Crippen LogP contribution in [0.15, 0.2) is 36.4 Å². The molecule has 0 radical (unpaired) electrons. The average Bonchev–Trinajstić information content (AvgIpc) is 2.70. The zero-order valence-corrected chi connectivity index (χ0v) is 13.5. The molecule has 0 saturated carbocycles. The van der Waals surface area contributed by atoms with Crippen molar-refractivity contribution in [2.75, 3.05) is 0 Å². The topological polar surface area (TPSA) is 0 Å². The lowest BCUT2D eigenvalue weighted by Gasteiger charge is -2.20. The van der Waals surface area contributed by atoms with Gasteiger partial charge in [0.25, 0.3) is 0 Å².